The van der Waals surface area contributed by atoms with Gasteiger partial charge in [-0.25, -0.2) is 0 Å². The zero-order chi connectivity index (χ0) is 19.0. The number of allylic oxidation sites excluding steroid dienone is 2. The van der Waals surface area contributed by atoms with Gasteiger partial charge in [-0.05, 0) is 32.1 Å². The number of hydrogen-bond acceptors (Lipinski definition) is 5. The zero-order valence-corrected chi connectivity index (χ0v) is 16.5. The van der Waals surface area contributed by atoms with Gasteiger partial charge in [-0.2, -0.15) is 0 Å². The second kappa shape index (κ2) is 15.6. The van der Waals surface area contributed by atoms with Crippen molar-refractivity contribution in [2.24, 2.45) is 0 Å². The molecule has 1 aliphatic heterocycles. The van der Waals surface area contributed by atoms with Gasteiger partial charge in [-0.15, -0.1) is 0 Å². The molecule has 4 atom stereocenters. The molecule has 1 aliphatic rings. The maximum absolute atomic E-state index is 9.97. The van der Waals surface area contributed by atoms with Crippen LogP contribution >= 0.6 is 0 Å². The number of unbranched alkanes of at least 4 members (excludes halogenated alkanes) is 9. The van der Waals surface area contributed by atoms with Crippen molar-refractivity contribution < 1.29 is 24.8 Å². The first-order chi connectivity index (χ1) is 12.7. The van der Waals surface area contributed by atoms with Gasteiger partial charge < -0.3 is 24.8 Å². The van der Waals surface area contributed by atoms with Crippen molar-refractivity contribution in [2.45, 2.75) is 102 Å². The van der Waals surface area contributed by atoms with Crippen molar-refractivity contribution in [3.63, 3.8) is 0 Å². The lowest BCUT2D eigenvalue weighted by molar-refractivity contribution is -0.211. The molecule has 0 unspecified atom stereocenters. The fraction of sp³-hybridized carbons (Fsp3) is 0.905. The highest BCUT2D eigenvalue weighted by Gasteiger charge is 2.39. The maximum Gasteiger partial charge on any atom is 0.114 e. The summed E-state index contributed by atoms with van der Waals surface area (Å²) >= 11 is 0. The molecular formula is C21H40O5. The summed E-state index contributed by atoms with van der Waals surface area (Å²) < 4.78 is 11.0. The van der Waals surface area contributed by atoms with E-state index in [1.54, 1.807) is 0 Å². The molecule has 0 aromatic carbocycles. The van der Waals surface area contributed by atoms with Crippen LogP contribution in [-0.2, 0) is 9.47 Å². The van der Waals surface area contributed by atoms with Gasteiger partial charge in [0.2, 0.25) is 0 Å². The lowest BCUT2D eigenvalue weighted by atomic mass is 10.0. The van der Waals surface area contributed by atoms with E-state index < -0.39 is 24.4 Å². The van der Waals surface area contributed by atoms with Crippen molar-refractivity contribution in [1.29, 1.82) is 0 Å². The molecular weight excluding hydrogens is 332 g/mol. The first kappa shape index (κ1) is 23.6. The topological polar surface area (TPSA) is 79.2 Å². The van der Waals surface area contributed by atoms with Gasteiger partial charge in [0.1, 0.15) is 24.4 Å². The van der Waals surface area contributed by atoms with Crippen molar-refractivity contribution in [1.82, 2.24) is 0 Å². The molecule has 1 heterocycles. The molecule has 0 saturated carbocycles. The predicted molar refractivity (Wildman–Crippen MR) is 104 cm³/mol. The number of rotatable bonds is 15. The molecule has 154 valence electrons. The maximum atomic E-state index is 9.97. The Labute approximate surface area is 159 Å². The molecule has 5 heteroatoms. The molecule has 3 N–H and O–H groups in total. The normalized spacial score (nSPS) is 26.6. The Morgan fingerprint density at radius 3 is 2.19 bits per heavy atom. The van der Waals surface area contributed by atoms with Gasteiger partial charge in [0.25, 0.3) is 0 Å². The van der Waals surface area contributed by atoms with E-state index in [4.69, 9.17) is 9.47 Å². The van der Waals surface area contributed by atoms with Gasteiger partial charge >= 0.3 is 0 Å². The summed E-state index contributed by atoms with van der Waals surface area (Å²) in [6.45, 7) is 2.60. The van der Waals surface area contributed by atoms with E-state index in [-0.39, 0.29) is 13.2 Å². The number of ether oxygens (including phenoxy) is 2. The fourth-order valence-corrected chi connectivity index (χ4v) is 3.26. The Morgan fingerprint density at radius 1 is 0.923 bits per heavy atom. The number of aliphatic hydroxyl groups excluding tert-OH is 3. The third-order valence-electron chi connectivity index (χ3n) is 4.97. The average molecular weight is 373 g/mol. The van der Waals surface area contributed by atoms with Gasteiger partial charge in [0.05, 0.1) is 13.2 Å². The van der Waals surface area contributed by atoms with Crippen molar-refractivity contribution in [2.75, 3.05) is 19.8 Å². The van der Waals surface area contributed by atoms with E-state index >= 15 is 0 Å². The lowest BCUT2D eigenvalue weighted by Gasteiger charge is -2.37. The summed E-state index contributed by atoms with van der Waals surface area (Å²) in [6, 6.07) is 0. The number of aliphatic hydroxyl groups is 3. The molecule has 0 radical (unpaired) electrons. The smallest absolute Gasteiger partial charge is 0.114 e. The van der Waals surface area contributed by atoms with Crippen LogP contribution in [0.3, 0.4) is 0 Å². The van der Waals surface area contributed by atoms with E-state index in [1.165, 1.54) is 57.8 Å². The second-order valence-electron chi connectivity index (χ2n) is 7.32. The monoisotopic (exact) mass is 372 g/mol. The van der Waals surface area contributed by atoms with E-state index in [2.05, 4.69) is 19.1 Å². The highest BCUT2D eigenvalue weighted by atomic mass is 16.6. The Morgan fingerprint density at radius 2 is 1.54 bits per heavy atom. The van der Waals surface area contributed by atoms with Crippen LogP contribution in [0.25, 0.3) is 0 Å². The molecule has 0 aliphatic carbocycles. The predicted octanol–water partition coefficient (Wildman–Crippen LogP) is 3.35. The molecule has 0 bridgehead atoms. The van der Waals surface area contributed by atoms with Crippen molar-refractivity contribution in [3.8, 4) is 0 Å². The molecule has 1 saturated heterocycles. The summed E-state index contributed by atoms with van der Waals surface area (Å²) in [5, 5.41) is 28.9. The minimum absolute atomic E-state index is 0.0411. The van der Waals surface area contributed by atoms with Crippen LogP contribution in [0.4, 0.5) is 0 Å². The highest BCUT2D eigenvalue weighted by molar-refractivity contribution is 4.87. The third-order valence-corrected chi connectivity index (χ3v) is 4.97. The molecule has 0 amide bonds. The minimum atomic E-state index is -0.991. The highest BCUT2D eigenvalue weighted by Crippen LogP contribution is 2.19. The first-order valence-corrected chi connectivity index (χ1v) is 10.6. The summed E-state index contributed by atoms with van der Waals surface area (Å²) in [5.41, 5.74) is 0. The molecule has 26 heavy (non-hydrogen) atoms. The molecule has 0 spiro atoms. The van der Waals surface area contributed by atoms with E-state index in [0.29, 0.717) is 6.61 Å². The van der Waals surface area contributed by atoms with Gasteiger partial charge in [-0.3, -0.25) is 0 Å². The summed E-state index contributed by atoms with van der Waals surface area (Å²) in [6.07, 6.45) is 14.9. The van der Waals surface area contributed by atoms with Crippen molar-refractivity contribution in [3.05, 3.63) is 12.2 Å². The molecule has 5 nitrogen and oxygen atoms in total. The van der Waals surface area contributed by atoms with Crippen LogP contribution < -0.4 is 0 Å². The van der Waals surface area contributed by atoms with Crippen molar-refractivity contribution >= 4 is 0 Å². The Hall–Kier alpha value is -0.460. The average Bonchev–Trinajstić information content (AvgIpc) is 2.65. The fourth-order valence-electron chi connectivity index (χ4n) is 3.26. The lowest BCUT2D eigenvalue weighted by Crippen LogP contribution is -2.55. The van der Waals surface area contributed by atoms with Gasteiger partial charge in [-0.1, -0.05) is 57.6 Å². The van der Waals surface area contributed by atoms with E-state index in [1.807, 2.05) is 0 Å². The van der Waals surface area contributed by atoms with Crippen LogP contribution in [0.2, 0.25) is 0 Å². The van der Waals surface area contributed by atoms with E-state index in [0.717, 1.165) is 12.8 Å². The number of hydrogen-bond donors (Lipinski definition) is 3. The third kappa shape index (κ3) is 10.0. The Balaban J connectivity index is 1.95. The summed E-state index contributed by atoms with van der Waals surface area (Å²) in [7, 11) is 0. The largest absolute Gasteiger partial charge is 0.394 e. The van der Waals surface area contributed by atoms with Gasteiger partial charge in [0, 0.05) is 6.61 Å². The minimum Gasteiger partial charge on any atom is -0.394 e. The Bertz CT molecular complexity index is 345. The quantitative estimate of drug-likeness (QED) is 0.303. The van der Waals surface area contributed by atoms with Crippen LogP contribution in [0, 0.1) is 0 Å². The van der Waals surface area contributed by atoms with E-state index in [9.17, 15) is 15.3 Å². The van der Waals surface area contributed by atoms with Crippen LogP contribution in [0.15, 0.2) is 12.2 Å². The van der Waals surface area contributed by atoms with Crippen LogP contribution in [0.5, 0.6) is 0 Å². The second-order valence-corrected chi connectivity index (χ2v) is 7.32. The van der Waals surface area contributed by atoms with Crippen LogP contribution in [0.1, 0.15) is 77.6 Å². The molecule has 1 fully saturated rings. The summed E-state index contributed by atoms with van der Waals surface area (Å²) in [5.74, 6) is 0. The molecule has 1 rings (SSSR count). The standard InChI is InChI=1S/C21H40O5/c1-2-3-4-5-6-7-8-9-10-11-12-13-14-15-25-21-19(16-22)26-17-18(23)20(21)24/h7-8,18-24H,2-6,9-17H2,1H3/b8-7+/t18-,19+,20+,21+/m0/s1. The summed E-state index contributed by atoms with van der Waals surface area (Å²) in [4.78, 5) is 0. The Kier molecular flexibility index (Phi) is 14.1. The molecule has 0 aromatic heterocycles. The van der Waals surface area contributed by atoms with Gasteiger partial charge in [0.15, 0.2) is 0 Å². The SMILES string of the molecule is CCCCCC/C=C/CCCCCCCO[C@H]1[C@H](O)[C@@H](O)CO[C@@H]1CO. The van der Waals surface area contributed by atoms with Crippen LogP contribution in [-0.4, -0.2) is 59.6 Å². The first-order valence-electron chi connectivity index (χ1n) is 10.6. The molecule has 0 aromatic rings. The zero-order valence-electron chi connectivity index (χ0n) is 16.5.